The Labute approximate surface area is 187 Å². The molecule has 1 aliphatic rings. The zero-order chi connectivity index (χ0) is 21.7. The molecule has 3 aromatic heterocycles. The smallest absolute Gasteiger partial charge is 0.259 e. The maximum Gasteiger partial charge on any atom is 0.259 e. The van der Waals surface area contributed by atoms with Gasteiger partial charge in [-0.15, -0.1) is 11.3 Å². The quantitative estimate of drug-likeness (QED) is 0.423. The largest absolute Gasteiger partial charge is 0.349 e. The Bertz CT molecular complexity index is 1390. The maximum absolute atomic E-state index is 12.8. The predicted octanol–water partition coefficient (Wildman–Crippen LogP) is 4.90. The second-order valence-electron chi connectivity index (χ2n) is 7.95. The highest BCUT2D eigenvalue weighted by atomic mass is 32.2. The van der Waals surface area contributed by atoms with E-state index in [9.17, 15) is 9.59 Å². The van der Waals surface area contributed by atoms with Gasteiger partial charge < -0.3 is 10.3 Å². The van der Waals surface area contributed by atoms with Crippen molar-refractivity contribution in [1.29, 1.82) is 0 Å². The molecular weight excluding hydrogens is 428 g/mol. The van der Waals surface area contributed by atoms with Gasteiger partial charge in [-0.25, -0.2) is 9.97 Å². The van der Waals surface area contributed by atoms with Gasteiger partial charge in [0.15, 0.2) is 0 Å². The normalized spacial score (nSPS) is 14.8. The Kier molecular flexibility index (Phi) is 5.06. The molecule has 5 rings (SSSR count). The molecular formula is C23H22N4O2S2. The van der Waals surface area contributed by atoms with Crippen LogP contribution < -0.4 is 10.9 Å². The summed E-state index contributed by atoms with van der Waals surface area (Å²) in [5, 5.41) is 5.19. The van der Waals surface area contributed by atoms with Gasteiger partial charge in [0.1, 0.15) is 10.7 Å². The van der Waals surface area contributed by atoms with E-state index in [1.807, 2.05) is 51.1 Å². The van der Waals surface area contributed by atoms with E-state index in [2.05, 4.69) is 10.3 Å². The Morgan fingerprint density at radius 3 is 2.81 bits per heavy atom. The number of aromatic amines is 1. The van der Waals surface area contributed by atoms with Crippen molar-refractivity contribution in [2.75, 3.05) is 0 Å². The molecule has 6 nitrogen and oxygen atoms in total. The van der Waals surface area contributed by atoms with Crippen LogP contribution in [-0.2, 0) is 0 Å². The topological polar surface area (TPSA) is 87.7 Å². The molecule has 1 aromatic carbocycles. The average molecular weight is 451 g/mol. The number of aryl methyl sites for hydroxylation is 2. The highest BCUT2D eigenvalue weighted by Gasteiger charge is 2.25. The third-order valence-corrected chi connectivity index (χ3v) is 7.72. The Morgan fingerprint density at radius 1 is 1.26 bits per heavy atom. The van der Waals surface area contributed by atoms with Gasteiger partial charge >= 0.3 is 0 Å². The van der Waals surface area contributed by atoms with Gasteiger partial charge in [-0.1, -0.05) is 30.0 Å². The fourth-order valence-electron chi connectivity index (χ4n) is 3.59. The van der Waals surface area contributed by atoms with Gasteiger partial charge in [-0.2, -0.15) is 0 Å². The number of carbonyl (C=O) groups is 1. The molecule has 0 bridgehead atoms. The van der Waals surface area contributed by atoms with Gasteiger partial charge in [-0.3, -0.25) is 9.59 Å². The summed E-state index contributed by atoms with van der Waals surface area (Å²) in [5.41, 5.74) is 2.30. The minimum atomic E-state index is -0.132. The van der Waals surface area contributed by atoms with Crippen LogP contribution in [0.3, 0.4) is 0 Å². The number of thiophene rings is 1. The van der Waals surface area contributed by atoms with E-state index in [0.29, 0.717) is 16.8 Å². The van der Waals surface area contributed by atoms with Crippen LogP contribution in [-0.4, -0.2) is 26.9 Å². The number of hydrogen-bond acceptors (Lipinski definition) is 6. The van der Waals surface area contributed by atoms with Crippen molar-refractivity contribution in [2.24, 2.45) is 0 Å². The standard InChI is InChI=1S/C23H22N4O2S2/c1-11-12(2)31-23-19(11)22(29)26-20(27-23)13(3)30-18-10-16(21(28)24-14-8-9-14)15-6-4-5-7-17(15)25-18/h4-7,10,13-14H,8-9H2,1-3H3,(H,24,28)(H,26,27,29). The molecule has 0 radical (unpaired) electrons. The lowest BCUT2D eigenvalue weighted by Crippen LogP contribution is -2.25. The highest BCUT2D eigenvalue weighted by molar-refractivity contribution is 7.99. The molecule has 31 heavy (non-hydrogen) atoms. The lowest BCUT2D eigenvalue weighted by molar-refractivity contribution is 0.0952. The van der Waals surface area contributed by atoms with E-state index < -0.39 is 0 Å². The van der Waals surface area contributed by atoms with E-state index in [1.54, 1.807) is 11.3 Å². The number of benzene rings is 1. The van der Waals surface area contributed by atoms with Crippen molar-refractivity contribution in [3.63, 3.8) is 0 Å². The fourth-order valence-corrected chi connectivity index (χ4v) is 5.55. The molecule has 4 aromatic rings. The molecule has 1 saturated carbocycles. The third kappa shape index (κ3) is 3.85. The highest BCUT2D eigenvalue weighted by Crippen LogP contribution is 2.35. The van der Waals surface area contributed by atoms with Crippen molar-refractivity contribution in [2.45, 2.75) is 49.9 Å². The first-order chi connectivity index (χ1) is 14.9. The van der Waals surface area contributed by atoms with E-state index in [1.165, 1.54) is 11.8 Å². The minimum absolute atomic E-state index is 0.0620. The lowest BCUT2D eigenvalue weighted by Gasteiger charge is -2.13. The second kappa shape index (κ2) is 7.76. The lowest BCUT2D eigenvalue weighted by atomic mass is 10.1. The number of fused-ring (bicyclic) bond motifs is 2. The summed E-state index contributed by atoms with van der Waals surface area (Å²) in [6.07, 6.45) is 2.08. The zero-order valence-corrected chi connectivity index (χ0v) is 19.1. The van der Waals surface area contributed by atoms with E-state index in [-0.39, 0.29) is 22.8 Å². The van der Waals surface area contributed by atoms with Crippen LogP contribution in [0.1, 0.15) is 51.6 Å². The predicted molar refractivity (Wildman–Crippen MR) is 126 cm³/mol. The van der Waals surface area contributed by atoms with Gasteiger partial charge in [0.2, 0.25) is 0 Å². The second-order valence-corrected chi connectivity index (χ2v) is 10.5. The maximum atomic E-state index is 12.8. The van der Waals surface area contributed by atoms with E-state index in [0.717, 1.165) is 44.0 Å². The van der Waals surface area contributed by atoms with Gasteiger partial charge in [0.05, 0.1) is 26.7 Å². The number of nitrogens with one attached hydrogen (secondary N) is 2. The molecule has 1 amide bonds. The number of thioether (sulfide) groups is 1. The van der Waals surface area contributed by atoms with Gasteiger partial charge in [0, 0.05) is 16.3 Å². The van der Waals surface area contributed by atoms with Crippen molar-refractivity contribution >= 4 is 50.1 Å². The Balaban J connectivity index is 1.50. The number of rotatable bonds is 5. The summed E-state index contributed by atoms with van der Waals surface area (Å²) in [5.74, 6) is 0.552. The van der Waals surface area contributed by atoms with Crippen molar-refractivity contribution in [3.05, 3.63) is 62.5 Å². The molecule has 1 unspecified atom stereocenters. The van der Waals surface area contributed by atoms with Gasteiger partial charge in [-0.05, 0) is 51.3 Å². The molecule has 0 aliphatic heterocycles. The first-order valence-electron chi connectivity index (χ1n) is 10.3. The van der Waals surface area contributed by atoms with Crippen LogP contribution in [0.2, 0.25) is 0 Å². The summed E-state index contributed by atoms with van der Waals surface area (Å²) in [6.45, 7) is 5.95. The number of nitrogens with zero attached hydrogens (tertiary/aromatic N) is 2. The third-order valence-electron chi connectivity index (χ3n) is 5.59. The molecule has 8 heteroatoms. The van der Waals surface area contributed by atoms with Crippen LogP contribution in [0.5, 0.6) is 0 Å². The number of amides is 1. The van der Waals surface area contributed by atoms with E-state index >= 15 is 0 Å². The number of para-hydroxylation sites is 1. The molecule has 2 N–H and O–H groups in total. The molecule has 1 atom stereocenters. The van der Waals surface area contributed by atoms with Gasteiger partial charge in [0.25, 0.3) is 11.5 Å². The van der Waals surface area contributed by atoms with Crippen molar-refractivity contribution in [3.8, 4) is 0 Å². The van der Waals surface area contributed by atoms with E-state index in [4.69, 9.17) is 9.97 Å². The molecule has 1 aliphatic carbocycles. The number of pyridine rings is 1. The number of hydrogen-bond donors (Lipinski definition) is 2. The molecule has 0 spiro atoms. The number of H-pyrrole nitrogens is 1. The summed E-state index contributed by atoms with van der Waals surface area (Å²) >= 11 is 3.03. The molecule has 3 heterocycles. The van der Waals surface area contributed by atoms with Crippen LogP contribution in [0.4, 0.5) is 0 Å². The fraction of sp³-hybridized carbons (Fsp3) is 0.304. The summed E-state index contributed by atoms with van der Waals surface area (Å²) in [4.78, 5) is 39.8. The van der Waals surface area contributed by atoms with Crippen LogP contribution in [0.25, 0.3) is 21.1 Å². The van der Waals surface area contributed by atoms with Crippen LogP contribution in [0.15, 0.2) is 40.2 Å². The molecule has 158 valence electrons. The Hall–Kier alpha value is -2.71. The average Bonchev–Trinajstić information content (AvgIpc) is 3.51. The SMILES string of the molecule is Cc1sc2nc(C(C)Sc3cc(C(=O)NC4CC4)c4ccccc4n3)[nH]c(=O)c2c1C. The summed E-state index contributed by atoms with van der Waals surface area (Å²) < 4.78 is 0. The van der Waals surface area contributed by atoms with Crippen molar-refractivity contribution in [1.82, 2.24) is 20.3 Å². The van der Waals surface area contributed by atoms with Crippen LogP contribution >= 0.6 is 23.1 Å². The van der Waals surface area contributed by atoms with Crippen LogP contribution in [0, 0.1) is 13.8 Å². The summed E-state index contributed by atoms with van der Waals surface area (Å²) in [6, 6.07) is 9.81. The monoisotopic (exact) mass is 450 g/mol. The first kappa shape index (κ1) is 20.2. The molecule has 1 fully saturated rings. The minimum Gasteiger partial charge on any atom is -0.349 e. The number of aromatic nitrogens is 3. The number of carbonyl (C=O) groups excluding carboxylic acids is 1. The first-order valence-corrected chi connectivity index (χ1v) is 12.0. The summed E-state index contributed by atoms with van der Waals surface area (Å²) in [7, 11) is 0. The zero-order valence-electron chi connectivity index (χ0n) is 17.5. The Morgan fingerprint density at radius 2 is 2.03 bits per heavy atom. The van der Waals surface area contributed by atoms with Crippen molar-refractivity contribution < 1.29 is 4.79 Å². The molecule has 0 saturated heterocycles.